The number of anilines is 2. The van der Waals surface area contributed by atoms with Crippen molar-refractivity contribution < 1.29 is 9.53 Å². The van der Waals surface area contributed by atoms with Gasteiger partial charge in [0.25, 0.3) is 5.91 Å². The fraction of sp³-hybridized carbons (Fsp3) is 0.476. The number of rotatable bonds is 7. The summed E-state index contributed by atoms with van der Waals surface area (Å²) in [6.07, 6.45) is 3.67. The maximum atomic E-state index is 12.2. The van der Waals surface area contributed by atoms with Crippen molar-refractivity contribution in [1.82, 2.24) is 15.3 Å². The molecule has 2 heterocycles. The maximum absolute atomic E-state index is 12.2. The number of carbonyl (C=O) groups is 1. The van der Waals surface area contributed by atoms with Crippen LogP contribution in [0.3, 0.4) is 0 Å². The molecule has 3 rings (SSSR count). The molecule has 0 saturated carbocycles. The van der Waals surface area contributed by atoms with E-state index in [2.05, 4.69) is 20.2 Å². The Morgan fingerprint density at radius 3 is 2.54 bits per heavy atom. The number of aryl methyl sites for hydroxylation is 1. The molecule has 2 aromatic rings. The Kier molecular flexibility index (Phi) is 6.68. The summed E-state index contributed by atoms with van der Waals surface area (Å²) in [6, 6.07) is 9.39. The number of piperidine rings is 1. The molecular weight excluding hydrogens is 354 g/mol. The number of amides is 1. The average Bonchev–Trinajstić information content (AvgIpc) is 2.71. The van der Waals surface area contributed by atoms with E-state index in [1.807, 2.05) is 56.3 Å². The van der Waals surface area contributed by atoms with Crippen molar-refractivity contribution in [3.63, 3.8) is 0 Å². The molecule has 1 saturated heterocycles. The second-order valence-electron chi connectivity index (χ2n) is 7.20. The number of carbonyl (C=O) groups excluding carboxylic acids is 1. The molecule has 1 N–H and O–H groups in total. The average molecular weight is 383 g/mol. The number of nitrogens with zero attached hydrogens (tertiary/aromatic N) is 4. The first kappa shape index (κ1) is 19.9. The van der Waals surface area contributed by atoms with Gasteiger partial charge in [0.2, 0.25) is 5.88 Å². The number of benzene rings is 1. The normalized spacial score (nSPS) is 13.9. The van der Waals surface area contributed by atoms with Crippen LogP contribution in [-0.4, -0.2) is 56.2 Å². The standard InChI is InChI=1S/C21H29N5O2/c1-16-23-19(26-12-5-4-6-13-26)15-20(24-16)28-14-11-22-21(27)17-7-9-18(10-8-17)25(2)3/h7-10,15H,4-6,11-14H2,1-3H3,(H,22,27). The maximum Gasteiger partial charge on any atom is 0.251 e. The van der Waals surface area contributed by atoms with Crippen molar-refractivity contribution in [2.75, 3.05) is 50.1 Å². The second kappa shape index (κ2) is 9.39. The minimum Gasteiger partial charge on any atom is -0.476 e. The lowest BCUT2D eigenvalue weighted by Crippen LogP contribution is -2.30. The third-order valence-electron chi connectivity index (χ3n) is 4.76. The third-order valence-corrected chi connectivity index (χ3v) is 4.76. The smallest absolute Gasteiger partial charge is 0.251 e. The van der Waals surface area contributed by atoms with E-state index >= 15 is 0 Å². The molecule has 0 unspecified atom stereocenters. The number of hydrogen-bond donors (Lipinski definition) is 1. The zero-order valence-electron chi connectivity index (χ0n) is 16.9. The monoisotopic (exact) mass is 383 g/mol. The Bertz CT molecular complexity index is 786. The van der Waals surface area contributed by atoms with Crippen molar-refractivity contribution >= 4 is 17.4 Å². The van der Waals surface area contributed by atoms with E-state index in [4.69, 9.17) is 4.74 Å². The second-order valence-corrected chi connectivity index (χ2v) is 7.20. The zero-order chi connectivity index (χ0) is 19.9. The minimum atomic E-state index is -0.109. The van der Waals surface area contributed by atoms with Gasteiger partial charge in [0.1, 0.15) is 18.2 Å². The summed E-state index contributed by atoms with van der Waals surface area (Å²) < 4.78 is 5.76. The van der Waals surface area contributed by atoms with Crippen LogP contribution in [0.4, 0.5) is 11.5 Å². The predicted molar refractivity (Wildman–Crippen MR) is 111 cm³/mol. The Hall–Kier alpha value is -2.83. The van der Waals surface area contributed by atoms with Gasteiger partial charge in [0.15, 0.2) is 0 Å². The molecule has 1 fully saturated rings. The van der Waals surface area contributed by atoms with E-state index in [0.29, 0.717) is 30.4 Å². The van der Waals surface area contributed by atoms with Gasteiger partial charge in [-0.3, -0.25) is 4.79 Å². The van der Waals surface area contributed by atoms with Crippen molar-refractivity contribution in [3.05, 3.63) is 41.7 Å². The first-order valence-corrected chi connectivity index (χ1v) is 9.82. The van der Waals surface area contributed by atoms with Crippen molar-refractivity contribution in [3.8, 4) is 5.88 Å². The highest BCUT2D eigenvalue weighted by molar-refractivity contribution is 5.94. The highest BCUT2D eigenvalue weighted by Gasteiger charge is 2.14. The highest BCUT2D eigenvalue weighted by Crippen LogP contribution is 2.21. The largest absolute Gasteiger partial charge is 0.476 e. The van der Waals surface area contributed by atoms with E-state index < -0.39 is 0 Å². The van der Waals surface area contributed by atoms with E-state index in [9.17, 15) is 4.79 Å². The van der Waals surface area contributed by atoms with Crippen LogP contribution < -0.4 is 19.9 Å². The zero-order valence-corrected chi connectivity index (χ0v) is 16.9. The molecule has 0 spiro atoms. The number of ether oxygens (including phenoxy) is 1. The number of aromatic nitrogens is 2. The molecule has 1 aromatic heterocycles. The fourth-order valence-corrected chi connectivity index (χ4v) is 3.22. The van der Waals surface area contributed by atoms with Gasteiger partial charge in [-0.05, 0) is 50.5 Å². The van der Waals surface area contributed by atoms with Gasteiger partial charge < -0.3 is 19.9 Å². The molecule has 7 nitrogen and oxygen atoms in total. The molecule has 1 amide bonds. The summed E-state index contributed by atoms with van der Waals surface area (Å²) in [5.74, 6) is 2.06. The topological polar surface area (TPSA) is 70.6 Å². The molecule has 28 heavy (non-hydrogen) atoms. The van der Waals surface area contributed by atoms with Gasteiger partial charge in [-0.1, -0.05) is 0 Å². The molecule has 7 heteroatoms. The lowest BCUT2D eigenvalue weighted by molar-refractivity contribution is 0.0946. The summed E-state index contributed by atoms with van der Waals surface area (Å²) in [5, 5.41) is 2.88. The summed E-state index contributed by atoms with van der Waals surface area (Å²) >= 11 is 0. The minimum absolute atomic E-state index is 0.109. The molecule has 1 aromatic carbocycles. The summed E-state index contributed by atoms with van der Waals surface area (Å²) in [4.78, 5) is 25.4. The Morgan fingerprint density at radius 1 is 1.14 bits per heavy atom. The lowest BCUT2D eigenvalue weighted by Gasteiger charge is -2.28. The van der Waals surface area contributed by atoms with Crippen LogP contribution in [0, 0.1) is 6.92 Å². The summed E-state index contributed by atoms with van der Waals surface area (Å²) in [7, 11) is 3.94. The Morgan fingerprint density at radius 2 is 1.86 bits per heavy atom. The van der Waals surface area contributed by atoms with E-state index in [1.54, 1.807) is 0 Å². The molecule has 0 bridgehead atoms. The van der Waals surface area contributed by atoms with Crippen LogP contribution in [0.25, 0.3) is 0 Å². The van der Waals surface area contributed by atoms with Gasteiger partial charge in [0.05, 0.1) is 6.54 Å². The third kappa shape index (κ3) is 5.34. The lowest BCUT2D eigenvalue weighted by atomic mass is 10.1. The predicted octanol–water partition coefficient (Wildman–Crippen LogP) is 2.65. The highest BCUT2D eigenvalue weighted by atomic mass is 16.5. The molecule has 1 aliphatic heterocycles. The van der Waals surface area contributed by atoms with Crippen LogP contribution in [-0.2, 0) is 0 Å². The molecule has 150 valence electrons. The van der Waals surface area contributed by atoms with Crippen LogP contribution in [0.2, 0.25) is 0 Å². The molecule has 0 aliphatic carbocycles. The van der Waals surface area contributed by atoms with Gasteiger partial charge in [0, 0.05) is 44.5 Å². The van der Waals surface area contributed by atoms with Gasteiger partial charge >= 0.3 is 0 Å². The van der Waals surface area contributed by atoms with Gasteiger partial charge in [-0.2, -0.15) is 4.98 Å². The van der Waals surface area contributed by atoms with Crippen molar-refractivity contribution in [1.29, 1.82) is 0 Å². The fourth-order valence-electron chi connectivity index (χ4n) is 3.22. The Balaban J connectivity index is 1.49. The molecule has 0 radical (unpaired) electrons. The van der Waals surface area contributed by atoms with Crippen LogP contribution in [0.5, 0.6) is 5.88 Å². The van der Waals surface area contributed by atoms with Crippen LogP contribution in [0.15, 0.2) is 30.3 Å². The SMILES string of the molecule is Cc1nc(OCCNC(=O)c2ccc(N(C)C)cc2)cc(N2CCCCC2)n1. The molecular formula is C21H29N5O2. The Labute approximate surface area is 166 Å². The van der Waals surface area contributed by atoms with Gasteiger partial charge in [-0.15, -0.1) is 0 Å². The van der Waals surface area contributed by atoms with Crippen molar-refractivity contribution in [2.24, 2.45) is 0 Å². The van der Waals surface area contributed by atoms with Crippen molar-refractivity contribution in [2.45, 2.75) is 26.2 Å². The number of hydrogen-bond acceptors (Lipinski definition) is 6. The van der Waals surface area contributed by atoms with E-state index in [1.165, 1.54) is 19.3 Å². The van der Waals surface area contributed by atoms with Crippen LogP contribution >= 0.6 is 0 Å². The summed E-state index contributed by atoms with van der Waals surface area (Å²) in [6.45, 7) is 4.70. The number of nitrogens with one attached hydrogen (secondary N) is 1. The van der Waals surface area contributed by atoms with E-state index in [0.717, 1.165) is 24.6 Å². The van der Waals surface area contributed by atoms with E-state index in [-0.39, 0.29) is 5.91 Å². The molecule has 1 aliphatic rings. The molecule has 0 atom stereocenters. The van der Waals surface area contributed by atoms with Crippen LogP contribution in [0.1, 0.15) is 35.4 Å². The summed E-state index contributed by atoms with van der Waals surface area (Å²) in [5.41, 5.74) is 1.69. The first-order valence-electron chi connectivity index (χ1n) is 9.82. The quantitative estimate of drug-likeness (QED) is 0.741. The first-order chi connectivity index (χ1) is 13.5. The van der Waals surface area contributed by atoms with Gasteiger partial charge in [-0.25, -0.2) is 4.98 Å².